The first kappa shape index (κ1) is 32.9. The fraction of sp³-hybridized carbons (Fsp3) is 0.310. The maximum Gasteiger partial charge on any atom is 0.277 e. The number of ether oxygens (including phenoxy) is 3. The number of phenols is 1. The van der Waals surface area contributed by atoms with Crippen LogP contribution in [0, 0.1) is 24.2 Å². The summed E-state index contributed by atoms with van der Waals surface area (Å²) in [4.78, 5) is 25.0. The van der Waals surface area contributed by atoms with Crippen LogP contribution in [0.3, 0.4) is 0 Å². The Morgan fingerprint density at radius 1 is 0.733 bits per heavy atom. The molecule has 0 unspecified atom stereocenters. The summed E-state index contributed by atoms with van der Waals surface area (Å²) in [5.74, 6) is 0.925. The van der Waals surface area contributed by atoms with Crippen molar-refractivity contribution in [3.63, 3.8) is 0 Å². The van der Waals surface area contributed by atoms with Crippen molar-refractivity contribution in [1.29, 1.82) is 0 Å². The monoisotopic (exact) mass is 702 g/mol. The molecule has 16 heteroatoms. The molecule has 6 rings (SSSR count). The van der Waals surface area contributed by atoms with Crippen LogP contribution in [0.15, 0.2) is 33.9 Å². The van der Waals surface area contributed by atoms with E-state index < -0.39 is 23.0 Å². The molecule has 4 aromatic rings. The summed E-state index contributed by atoms with van der Waals surface area (Å²) in [5, 5.41) is 10.2. The standard InChI is InChI=1S/C16H13Cl2FN2O3.C13H11Cl2FN2O3/c1-2-5-24-13-8-10(11(17)9-12(13)18)14-15(19)20-3-6-23-7-4-21(20)16(14)22;14-8-6-9(15)10(19)5-7(8)11-12(16)17-1-3-21-4-2-18(17)13(11)20/h1,8-9H,3-7H2;5-6,19H,1-4H2. The molecule has 0 fully saturated rings. The number of nitrogens with zero attached hydrogens (tertiary/aromatic N) is 4. The summed E-state index contributed by atoms with van der Waals surface area (Å²) >= 11 is 24.0. The second kappa shape index (κ2) is 13.9. The Balaban J connectivity index is 0.000000179. The minimum atomic E-state index is -0.700. The van der Waals surface area contributed by atoms with Gasteiger partial charge in [-0.1, -0.05) is 52.3 Å². The van der Waals surface area contributed by atoms with Gasteiger partial charge in [-0.05, 0) is 24.3 Å². The molecule has 2 aromatic heterocycles. The van der Waals surface area contributed by atoms with Gasteiger partial charge in [-0.25, -0.2) is 9.36 Å². The Morgan fingerprint density at radius 3 is 1.67 bits per heavy atom. The average Bonchev–Trinajstić information content (AvgIpc) is 3.24. The van der Waals surface area contributed by atoms with Crippen LogP contribution in [-0.2, 0) is 35.7 Å². The van der Waals surface area contributed by atoms with Gasteiger partial charge in [-0.2, -0.15) is 8.78 Å². The van der Waals surface area contributed by atoms with Crippen molar-refractivity contribution in [3.05, 3.63) is 77.0 Å². The molecule has 2 aromatic carbocycles. The fourth-order valence-electron chi connectivity index (χ4n) is 4.95. The number of aromatic nitrogens is 4. The minimum Gasteiger partial charge on any atom is -0.506 e. The zero-order valence-corrected chi connectivity index (χ0v) is 26.3. The van der Waals surface area contributed by atoms with Gasteiger partial charge < -0.3 is 19.3 Å². The molecule has 0 bridgehead atoms. The lowest BCUT2D eigenvalue weighted by Crippen LogP contribution is -2.23. The average molecular weight is 704 g/mol. The third-order valence-electron chi connectivity index (χ3n) is 7.04. The highest BCUT2D eigenvalue weighted by Crippen LogP contribution is 2.38. The first-order valence-corrected chi connectivity index (χ1v) is 14.9. The number of hydrogen-bond acceptors (Lipinski definition) is 6. The Morgan fingerprint density at radius 2 is 1.18 bits per heavy atom. The number of rotatable bonds is 4. The molecule has 2 aliphatic rings. The van der Waals surface area contributed by atoms with Crippen LogP contribution in [0.4, 0.5) is 8.78 Å². The Labute approximate surface area is 274 Å². The zero-order chi connectivity index (χ0) is 32.4. The van der Waals surface area contributed by atoms with Crippen molar-refractivity contribution in [3.8, 4) is 46.1 Å². The molecule has 0 radical (unpaired) electrons. The zero-order valence-electron chi connectivity index (χ0n) is 23.3. The van der Waals surface area contributed by atoms with Gasteiger partial charge >= 0.3 is 0 Å². The minimum absolute atomic E-state index is 0.00808. The smallest absolute Gasteiger partial charge is 0.277 e. The molecular weight excluding hydrogens is 680 g/mol. The summed E-state index contributed by atoms with van der Waals surface area (Å²) in [6.45, 7) is 2.32. The van der Waals surface area contributed by atoms with E-state index in [1.54, 1.807) is 0 Å². The third kappa shape index (κ3) is 6.47. The summed E-state index contributed by atoms with van der Waals surface area (Å²) < 4.78 is 50.3. The fourth-order valence-corrected chi connectivity index (χ4v) is 5.96. The van der Waals surface area contributed by atoms with Gasteiger partial charge in [0.15, 0.2) is 0 Å². The number of phenolic OH excluding ortho intramolecular Hbond substituents is 1. The first-order valence-electron chi connectivity index (χ1n) is 13.4. The molecule has 0 aliphatic carbocycles. The van der Waals surface area contributed by atoms with Crippen molar-refractivity contribution in [1.82, 2.24) is 18.7 Å². The SMILES string of the molecule is C#CCOc1cc(-c2c(F)n3n(c2=O)CCOCC3)c(Cl)cc1Cl.O=c1c(-c2cc(O)c(Cl)cc2Cl)c(F)n2n1CCOCC2. The lowest BCUT2D eigenvalue weighted by Gasteiger charge is -2.09. The Hall–Kier alpha value is -3.44. The van der Waals surface area contributed by atoms with E-state index in [-0.39, 0.29) is 86.6 Å². The largest absolute Gasteiger partial charge is 0.506 e. The quantitative estimate of drug-likeness (QED) is 0.290. The van der Waals surface area contributed by atoms with Gasteiger partial charge in [0.2, 0.25) is 11.9 Å². The van der Waals surface area contributed by atoms with E-state index in [1.165, 1.54) is 43.0 Å². The first-order chi connectivity index (χ1) is 21.5. The molecule has 0 saturated carbocycles. The third-order valence-corrected chi connectivity index (χ3v) is 8.27. The molecule has 1 N–H and O–H groups in total. The molecule has 0 saturated heterocycles. The lowest BCUT2D eigenvalue weighted by molar-refractivity contribution is 0.136. The van der Waals surface area contributed by atoms with E-state index in [0.717, 1.165) is 0 Å². The van der Waals surface area contributed by atoms with Gasteiger partial charge in [-0.3, -0.25) is 19.0 Å². The number of benzene rings is 2. The summed E-state index contributed by atoms with van der Waals surface area (Å²) in [7, 11) is 0. The van der Waals surface area contributed by atoms with Crippen molar-refractivity contribution < 1.29 is 28.1 Å². The second-order valence-corrected chi connectivity index (χ2v) is 11.3. The van der Waals surface area contributed by atoms with Crippen molar-refractivity contribution in [2.24, 2.45) is 0 Å². The molecule has 10 nitrogen and oxygen atoms in total. The van der Waals surface area contributed by atoms with Gasteiger partial charge in [0.1, 0.15) is 29.2 Å². The van der Waals surface area contributed by atoms with Crippen LogP contribution >= 0.6 is 46.4 Å². The van der Waals surface area contributed by atoms with Crippen LogP contribution in [0.2, 0.25) is 20.1 Å². The van der Waals surface area contributed by atoms with Gasteiger partial charge in [0, 0.05) is 11.1 Å². The highest BCUT2D eigenvalue weighted by Gasteiger charge is 2.26. The van der Waals surface area contributed by atoms with Gasteiger partial charge in [0.05, 0.1) is 72.7 Å². The van der Waals surface area contributed by atoms with Crippen LogP contribution in [0.5, 0.6) is 11.5 Å². The Bertz CT molecular complexity index is 1930. The predicted octanol–water partition coefficient (Wildman–Crippen LogP) is 5.30. The second-order valence-electron chi connectivity index (χ2n) is 9.70. The number of terminal acetylenes is 1. The molecule has 4 heterocycles. The van der Waals surface area contributed by atoms with Crippen LogP contribution in [0.25, 0.3) is 22.3 Å². The highest BCUT2D eigenvalue weighted by atomic mass is 35.5. The van der Waals surface area contributed by atoms with Gasteiger partial charge in [-0.15, -0.1) is 6.42 Å². The summed E-state index contributed by atoms with van der Waals surface area (Å²) in [6, 6.07) is 5.31. The molecule has 45 heavy (non-hydrogen) atoms. The van der Waals surface area contributed by atoms with Crippen molar-refractivity contribution in [2.75, 3.05) is 33.0 Å². The number of aromatic hydroxyl groups is 1. The van der Waals surface area contributed by atoms with Crippen LogP contribution < -0.4 is 15.9 Å². The number of fused-ring (bicyclic) bond motifs is 2. The van der Waals surface area contributed by atoms with Crippen molar-refractivity contribution in [2.45, 2.75) is 26.2 Å². The molecule has 0 spiro atoms. The molecular formula is C29H24Cl4F2N4O6. The van der Waals surface area contributed by atoms with E-state index in [4.69, 9.17) is 67.0 Å². The van der Waals surface area contributed by atoms with E-state index >= 15 is 0 Å². The van der Waals surface area contributed by atoms with E-state index in [0.29, 0.717) is 26.4 Å². The van der Waals surface area contributed by atoms with E-state index in [2.05, 4.69) is 5.92 Å². The van der Waals surface area contributed by atoms with Crippen LogP contribution in [-0.4, -0.2) is 56.9 Å². The maximum absolute atomic E-state index is 14.8. The maximum atomic E-state index is 14.8. The Kier molecular flexibility index (Phi) is 10.2. The van der Waals surface area contributed by atoms with Gasteiger partial charge in [0.25, 0.3) is 11.1 Å². The molecule has 0 amide bonds. The molecule has 2 aliphatic heterocycles. The topological polar surface area (TPSA) is 102 Å². The van der Waals surface area contributed by atoms with Crippen molar-refractivity contribution >= 4 is 46.4 Å². The number of hydrogen-bond donors (Lipinski definition) is 1. The molecule has 238 valence electrons. The summed E-state index contributed by atoms with van der Waals surface area (Å²) in [6.07, 6.45) is 5.16. The molecule has 0 atom stereocenters. The van der Waals surface area contributed by atoms with E-state index in [1.807, 2.05) is 0 Å². The van der Waals surface area contributed by atoms with E-state index in [9.17, 15) is 23.5 Å². The normalized spacial score (nSPS) is 14.3. The highest BCUT2D eigenvalue weighted by molar-refractivity contribution is 6.37. The van der Waals surface area contributed by atoms with Crippen LogP contribution in [0.1, 0.15) is 0 Å². The summed E-state index contributed by atoms with van der Waals surface area (Å²) in [5.41, 5.74) is -0.954. The number of halogens is 6. The lowest BCUT2D eigenvalue weighted by atomic mass is 10.1. The predicted molar refractivity (Wildman–Crippen MR) is 166 cm³/mol.